The van der Waals surface area contributed by atoms with Gasteiger partial charge in [0.15, 0.2) is 9.84 Å². The molecule has 5 heteroatoms. The van der Waals surface area contributed by atoms with Crippen LogP contribution in [0.25, 0.3) is 12.2 Å². The third kappa shape index (κ3) is 12.6. The van der Waals surface area contributed by atoms with Crippen molar-refractivity contribution in [1.29, 1.82) is 0 Å². The van der Waals surface area contributed by atoms with Gasteiger partial charge in [0.05, 0.1) is 10.6 Å². The number of aliphatic hydroxyl groups is 1. The standard InChI is InChI=1S/C33H51NO3S/c1-3-5-26-34(27-6-4-2)32-22-18-30(19-23-32)16-17-31-20-24-33(25-21-31)38(36,37)29-15-13-11-9-7-8-10-12-14-28-35/h16-25,35H,3-15,26-29H2,1-2H3. The van der Waals surface area contributed by atoms with Crippen LogP contribution in [0.1, 0.15) is 108 Å². The van der Waals surface area contributed by atoms with Crippen molar-refractivity contribution < 1.29 is 13.5 Å². The predicted octanol–water partition coefficient (Wildman–Crippen LogP) is 8.54. The number of benzene rings is 2. The minimum Gasteiger partial charge on any atom is -0.396 e. The summed E-state index contributed by atoms with van der Waals surface area (Å²) in [4.78, 5) is 2.91. The highest BCUT2D eigenvalue weighted by Crippen LogP contribution is 2.20. The molecule has 2 rings (SSSR count). The summed E-state index contributed by atoms with van der Waals surface area (Å²) in [6.45, 7) is 6.98. The summed E-state index contributed by atoms with van der Waals surface area (Å²) in [7, 11) is -3.23. The van der Waals surface area contributed by atoms with Crippen molar-refractivity contribution in [2.45, 2.75) is 102 Å². The van der Waals surface area contributed by atoms with E-state index < -0.39 is 9.84 Å². The summed E-state index contributed by atoms with van der Waals surface area (Å²) in [5.74, 6) is 0.221. The van der Waals surface area contributed by atoms with Crippen LogP contribution in [-0.4, -0.2) is 39.0 Å². The second-order valence-electron chi connectivity index (χ2n) is 10.4. The Labute approximate surface area is 233 Å². The van der Waals surface area contributed by atoms with Crippen molar-refractivity contribution >= 4 is 27.7 Å². The number of unbranched alkanes of at least 4 members (excludes halogenated alkanes) is 10. The quantitative estimate of drug-likeness (QED) is 0.127. The smallest absolute Gasteiger partial charge is 0.178 e. The molecule has 2 aromatic rings. The van der Waals surface area contributed by atoms with Crippen molar-refractivity contribution in [2.75, 3.05) is 30.3 Å². The van der Waals surface area contributed by atoms with Crippen LogP contribution in [0, 0.1) is 0 Å². The lowest BCUT2D eigenvalue weighted by Gasteiger charge is -2.24. The molecule has 0 unspecified atom stereocenters. The molecule has 0 spiro atoms. The van der Waals surface area contributed by atoms with Crippen molar-refractivity contribution in [3.63, 3.8) is 0 Å². The fourth-order valence-corrected chi connectivity index (χ4v) is 5.97. The van der Waals surface area contributed by atoms with Gasteiger partial charge in [0.1, 0.15) is 0 Å². The molecule has 0 amide bonds. The number of hydrogen-bond acceptors (Lipinski definition) is 4. The lowest BCUT2D eigenvalue weighted by molar-refractivity contribution is 0.282. The van der Waals surface area contributed by atoms with Gasteiger partial charge in [-0.2, -0.15) is 0 Å². The highest BCUT2D eigenvalue weighted by atomic mass is 32.2. The van der Waals surface area contributed by atoms with E-state index >= 15 is 0 Å². The van der Waals surface area contributed by atoms with Crippen molar-refractivity contribution in [1.82, 2.24) is 0 Å². The van der Waals surface area contributed by atoms with Gasteiger partial charge in [0.2, 0.25) is 0 Å². The zero-order chi connectivity index (χ0) is 27.5. The molecule has 4 nitrogen and oxygen atoms in total. The Balaban J connectivity index is 1.80. The van der Waals surface area contributed by atoms with Crippen molar-refractivity contribution in [2.24, 2.45) is 0 Å². The fourth-order valence-electron chi connectivity index (χ4n) is 4.60. The van der Waals surface area contributed by atoms with E-state index in [9.17, 15) is 8.42 Å². The van der Waals surface area contributed by atoms with Crippen LogP contribution in [0.3, 0.4) is 0 Å². The normalized spacial score (nSPS) is 11.9. The number of sulfone groups is 1. The first-order chi connectivity index (χ1) is 18.5. The first kappa shape index (κ1) is 32.1. The minimum absolute atomic E-state index is 0.221. The molecule has 0 radical (unpaired) electrons. The van der Waals surface area contributed by atoms with Gasteiger partial charge in [-0.05, 0) is 61.1 Å². The summed E-state index contributed by atoms with van der Waals surface area (Å²) < 4.78 is 25.5. The maximum Gasteiger partial charge on any atom is 0.178 e. The second kappa shape index (κ2) is 19.0. The van der Waals surface area contributed by atoms with Gasteiger partial charge < -0.3 is 10.0 Å². The van der Waals surface area contributed by atoms with Crippen molar-refractivity contribution in [3.8, 4) is 0 Å². The molecule has 0 aliphatic carbocycles. The topological polar surface area (TPSA) is 57.6 Å². The van der Waals surface area contributed by atoms with E-state index in [4.69, 9.17) is 5.11 Å². The molecule has 2 aromatic carbocycles. The van der Waals surface area contributed by atoms with Gasteiger partial charge in [-0.15, -0.1) is 0 Å². The van der Waals surface area contributed by atoms with E-state index in [0.717, 1.165) is 56.3 Å². The number of hydrogen-bond donors (Lipinski definition) is 1. The Bertz CT molecular complexity index is 990. The third-order valence-electron chi connectivity index (χ3n) is 7.10. The average molecular weight is 542 g/mol. The van der Waals surface area contributed by atoms with Crippen LogP contribution >= 0.6 is 0 Å². The van der Waals surface area contributed by atoms with Crippen LogP contribution in [0.5, 0.6) is 0 Å². The Morgan fingerprint density at radius 1 is 0.632 bits per heavy atom. The van der Waals surface area contributed by atoms with Crippen LogP contribution in [0.2, 0.25) is 0 Å². The van der Waals surface area contributed by atoms with Gasteiger partial charge in [-0.3, -0.25) is 0 Å². The largest absolute Gasteiger partial charge is 0.396 e. The van der Waals surface area contributed by atoms with E-state index in [2.05, 4.69) is 49.1 Å². The average Bonchev–Trinajstić information content (AvgIpc) is 2.93. The third-order valence-corrected chi connectivity index (χ3v) is 8.92. The zero-order valence-corrected chi connectivity index (χ0v) is 24.7. The van der Waals surface area contributed by atoms with E-state index in [-0.39, 0.29) is 5.75 Å². The first-order valence-corrected chi connectivity index (χ1v) is 16.6. The summed E-state index contributed by atoms with van der Waals surface area (Å²) >= 11 is 0. The molecule has 0 aliphatic rings. The molecule has 0 fully saturated rings. The zero-order valence-electron chi connectivity index (χ0n) is 23.9. The summed E-state index contributed by atoms with van der Waals surface area (Å²) in [5, 5.41) is 8.80. The van der Waals surface area contributed by atoms with Crippen LogP contribution in [0.4, 0.5) is 5.69 Å². The summed E-state index contributed by atoms with van der Waals surface area (Å²) in [6, 6.07) is 16.0. The number of nitrogens with zero attached hydrogens (tertiary/aromatic N) is 1. The molecule has 1 N–H and O–H groups in total. The number of aliphatic hydroxyl groups excluding tert-OH is 1. The van der Waals surface area contributed by atoms with E-state index in [1.165, 1.54) is 57.1 Å². The summed E-state index contributed by atoms with van der Waals surface area (Å²) in [5.41, 5.74) is 3.42. The molecule has 0 saturated heterocycles. The minimum atomic E-state index is -3.23. The summed E-state index contributed by atoms with van der Waals surface area (Å²) in [6.07, 6.45) is 18.5. The molecular weight excluding hydrogens is 490 g/mol. The molecule has 0 saturated carbocycles. The van der Waals surface area contributed by atoms with Gasteiger partial charge >= 0.3 is 0 Å². The Morgan fingerprint density at radius 2 is 1.08 bits per heavy atom. The van der Waals surface area contributed by atoms with Gasteiger partial charge in [0.25, 0.3) is 0 Å². The number of anilines is 1. The van der Waals surface area contributed by atoms with Gasteiger partial charge in [0, 0.05) is 25.4 Å². The Kier molecular flexibility index (Phi) is 16.1. The molecule has 212 valence electrons. The molecule has 38 heavy (non-hydrogen) atoms. The molecule has 0 bridgehead atoms. The Hall–Kier alpha value is -2.11. The Morgan fingerprint density at radius 3 is 1.55 bits per heavy atom. The van der Waals surface area contributed by atoms with E-state index in [1.807, 2.05) is 18.2 Å². The maximum absolute atomic E-state index is 12.7. The molecule has 0 atom stereocenters. The maximum atomic E-state index is 12.7. The number of rotatable bonds is 21. The molecule has 0 aliphatic heterocycles. The second-order valence-corrected chi connectivity index (χ2v) is 12.5. The van der Waals surface area contributed by atoms with Gasteiger partial charge in [-0.1, -0.05) is 108 Å². The van der Waals surface area contributed by atoms with Crippen LogP contribution in [0.15, 0.2) is 53.4 Å². The van der Waals surface area contributed by atoms with Crippen molar-refractivity contribution in [3.05, 3.63) is 59.7 Å². The van der Waals surface area contributed by atoms with Crippen LogP contribution < -0.4 is 4.90 Å². The highest BCUT2D eigenvalue weighted by Gasteiger charge is 2.13. The van der Waals surface area contributed by atoms with Crippen LogP contribution in [-0.2, 0) is 9.84 Å². The molecular formula is C33H51NO3S. The SMILES string of the molecule is CCCCN(CCCC)c1ccc(C=Cc2ccc(S(=O)(=O)CCCCCCCCCCCO)cc2)cc1. The lowest BCUT2D eigenvalue weighted by Crippen LogP contribution is -2.25. The highest BCUT2D eigenvalue weighted by molar-refractivity contribution is 7.91. The predicted molar refractivity (Wildman–Crippen MR) is 165 cm³/mol. The first-order valence-electron chi connectivity index (χ1n) is 15.0. The molecule has 0 aromatic heterocycles. The van der Waals surface area contributed by atoms with E-state index in [0.29, 0.717) is 11.5 Å². The molecule has 0 heterocycles. The fraction of sp³-hybridized carbons (Fsp3) is 0.576. The van der Waals surface area contributed by atoms with Gasteiger partial charge in [-0.25, -0.2) is 8.42 Å². The van der Waals surface area contributed by atoms with E-state index in [1.54, 1.807) is 12.1 Å². The lowest BCUT2D eigenvalue weighted by atomic mass is 10.1. The monoisotopic (exact) mass is 541 g/mol.